The summed E-state index contributed by atoms with van der Waals surface area (Å²) in [4.78, 5) is 61.9. The Kier molecular flexibility index (Phi) is 10.3. The minimum absolute atomic E-state index is 0.00105. The Bertz CT molecular complexity index is 1200. The van der Waals surface area contributed by atoms with Crippen molar-refractivity contribution in [2.24, 2.45) is 22.7 Å². The van der Waals surface area contributed by atoms with Crippen LogP contribution in [0.4, 0.5) is 4.79 Å². The number of esters is 4. The number of hydrogen-bond acceptors (Lipinski definition) is 11. The molecule has 0 aromatic rings. The van der Waals surface area contributed by atoms with Gasteiger partial charge < -0.3 is 33.7 Å². The van der Waals surface area contributed by atoms with Gasteiger partial charge in [-0.2, -0.15) is 0 Å². The summed E-state index contributed by atoms with van der Waals surface area (Å²) in [7, 11) is 0. The quantitative estimate of drug-likeness (QED) is 0.159. The molecule has 0 radical (unpaired) electrons. The molecule has 4 fully saturated rings. The Morgan fingerprint density at radius 3 is 2.31 bits per heavy atom. The second kappa shape index (κ2) is 13.3. The lowest BCUT2D eigenvalue weighted by Gasteiger charge is -2.61. The van der Waals surface area contributed by atoms with Crippen LogP contribution >= 0.6 is 0 Å². The first-order valence-corrected chi connectivity index (χ1v) is 16.1. The standard InChI is InChI=1S/C33H49NO11/c1-8-25(35)41-18-32(7)22-12-15-33(19-42-33)23(31(22,6)14-13-24(32)44-26(36)9-2)11-10-20-21(17-40-28(20)38)43-27(37)16-34-29(39)45-30(3,4)5/h10,21-24H,8-9,11-19H2,1-7H3,(H,34,39)/b20-10-/t21-,22?,23+,24-,31+,32+,33?/m1/s1. The van der Waals surface area contributed by atoms with Crippen LogP contribution in [0.2, 0.25) is 0 Å². The number of allylic oxidation sites excluding steroid dienone is 1. The van der Waals surface area contributed by atoms with Gasteiger partial charge in [0.05, 0.1) is 17.8 Å². The molecule has 252 valence electrons. The van der Waals surface area contributed by atoms with Gasteiger partial charge in [0.25, 0.3) is 0 Å². The highest BCUT2D eigenvalue weighted by Gasteiger charge is 2.67. The number of ether oxygens (including phenoxy) is 6. The normalized spacial score (nSPS) is 34.8. The molecule has 1 N–H and O–H groups in total. The number of carbonyl (C=O) groups is 5. The number of amides is 1. The van der Waals surface area contributed by atoms with E-state index < -0.39 is 47.8 Å². The van der Waals surface area contributed by atoms with Gasteiger partial charge in [0.2, 0.25) is 0 Å². The number of epoxide rings is 1. The molecule has 2 saturated carbocycles. The predicted octanol–water partition coefficient (Wildman–Crippen LogP) is 4.17. The van der Waals surface area contributed by atoms with E-state index >= 15 is 0 Å². The van der Waals surface area contributed by atoms with Gasteiger partial charge in [-0.05, 0) is 70.1 Å². The van der Waals surface area contributed by atoms with Crippen molar-refractivity contribution < 1.29 is 52.4 Å². The molecule has 12 nitrogen and oxygen atoms in total. The first-order chi connectivity index (χ1) is 21.1. The van der Waals surface area contributed by atoms with Gasteiger partial charge in [0.1, 0.15) is 31.5 Å². The molecule has 2 saturated heterocycles. The van der Waals surface area contributed by atoms with E-state index in [1.807, 2.05) is 0 Å². The number of cyclic esters (lactones) is 1. The first kappa shape index (κ1) is 34.7. The molecule has 45 heavy (non-hydrogen) atoms. The van der Waals surface area contributed by atoms with Crippen LogP contribution in [0.3, 0.4) is 0 Å². The van der Waals surface area contributed by atoms with Crippen molar-refractivity contribution in [1.82, 2.24) is 5.32 Å². The maximum atomic E-state index is 12.8. The van der Waals surface area contributed by atoms with E-state index in [2.05, 4.69) is 19.2 Å². The third-order valence-electron chi connectivity index (χ3n) is 10.0. The number of alkyl carbamates (subject to hydrolysis) is 1. The largest absolute Gasteiger partial charge is 0.465 e. The van der Waals surface area contributed by atoms with Crippen LogP contribution in [-0.4, -0.2) is 79.7 Å². The summed E-state index contributed by atoms with van der Waals surface area (Å²) in [5.41, 5.74) is -1.71. The number of fused-ring (bicyclic) bond motifs is 1. The third-order valence-corrected chi connectivity index (χ3v) is 10.0. The summed E-state index contributed by atoms with van der Waals surface area (Å²) in [6.07, 6.45) is 3.70. The topological polar surface area (TPSA) is 156 Å². The maximum absolute atomic E-state index is 12.8. The van der Waals surface area contributed by atoms with Gasteiger partial charge in [-0.1, -0.05) is 33.8 Å². The van der Waals surface area contributed by atoms with Crippen LogP contribution in [-0.2, 0) is 47.6 Å². The number of carbonyl (C=O) groups excluding carboxylic acids is 5. The SMILES string of the molecule is CCC(=O)OC[C@@]1(C)C2CCC3(CO3)[C@@H](C/C=C3\C(=O)OC[C@H]3OC(=O)CNC(=O)OC(C)(C)C)[C@@]2(C)CC[C@H]1OC(=O)CC. The van der Waals surface area contributed by atoms with Crippen LogP contribution in [0.25, 0.3) is 0 Å². The van der Waals surface area contributed by atoms with Crippen molar-refractivity contribution in [1.29, 1.82) is 0 Å². The van der Waals surface area contributed by atoms with Crippen molar-refractivity contribution in [3.63, 3.8) is 0 Å². The molecule has 1 amide bonds. The van der Waals surface area contributed by atoms with E-state index in [4.69, 9.17) is 28.4 Å². The van der Waals surface area contributed by atoms with E-state index in [1.165, 1.54) is 0 Å². The lowest BCUT2D eigenvalue weighted by atomic mass is 9.45. The minimum Gasteiger partial charge on any atom is -0.465 e. The molecule has 0 aromatic heterocycles. The molecule has 0 aromatic carbocycles. The van der Waals surface area contributed by atoms with Gasteiger partial charge in [0, 0.05) is 18.3 Å². The highest BCUT2D eigenvalue weighted by atomic mass is 16.6. The zero-order valence-corrected chi connectivity index (χ0v) is 27.7. The van der Waals surface area contributed by atoms with Crippen LogP contribution in [0, 0.1) is 22.7 Å². The zero-order chi connectivity index (χ0) is 33.2. The molecule has 4 aliphatic rings. The molecule has 7 atom stereocenters. The molecular formula is C33H49NO11. The van der Waals surface area contributed by atoms with Crippen molar-refractivity contribution in [3.8, 4) is 0 Å². The summed E-state index contributed by atoms with van der Waals surface area (Å²) >= 11 is 0. The van der Waals surface area contributed by atoms with E-state index in [1.54, 1.807) is 40.7 Å². The smallest absolute Gasteiger partial charge is 0.408 e. The van der Waals surface area contributed by atoms with Crippen molar-refractivity contribution in [3.05, 3.63) is 11.6 Å². The predicted molar refractivity (Wildman–Crippen MR) is 160 cm³/mol. The van der Waals surface area contributed by atoms with E-state index in [9.17, 15) is 24.0 Å². The lowest BCUT2D eigenvalue weighted by Crippen LogP contribution is -2.61. The van der Waals surface area contributed by atoms with E-state index in [0.717, 1.165) is 19.3 Å². The van der Waals surface area contributed by atoms with Crippen molar-refractivity contribution in [2.75, 3.05) is 26.4 Å². The lowest BCUT2D eigenvalue weighted by molar-refractivity contribution is -0.203. The highest BCUT2D eigenvalue weighted by molar-refractivity contribution is 5.92. The summed E-state index contributed by atoms with van der Waals surface area (Å²) in [6.45, 7) is 13.2. The minimum atomic E-state index is -0.906. The zero-order valence-electron chi connectivity index (χ0n) is 27.7. The highest BCUT2D eigenvalue weighted by Crippen LogP contribution is 2.66. The molecular weight excluding hydrogens is 586 g/mol. The molecule has 2 aliphatic heterocycles. The summed E-state index contributed by atoms with van der Waals surface area (Å²) < 4.78 is 33.7. The van der Waals surface area contributed by atoms with E-state index in [0.29, 0.717) is 19.4 Å². The van der Waals surface area contributed by atoms with Crippen LogP contribution in [0.15, 0.2) is 11.6 Å². The molecule has 2 aliphatic carbocycles. The van der Waals surface area contributed by atoms with E-state index in [-0.39, 0.29) is 66.4 Å². The fraction of sp³-hybridized carbons (Fsp3) is 0.788. The molecule has 0 bridgehead atoms. The second-order valence-electron chi connectivity index (χ2n) is 14.2. The van der Waals surface area contributed by atoms with Crippen LogP contribution in [0.5, 0.6) is 0 Å². The third kappa shape index (κ3) is 7.64. The Morgan fingerprint density at radius 1 is 1.00 bits per heavy atom. The van der Waals surface area contributed by atoms with Crippen molar-refractivity contribution >= 4 is 30.0 Å². The number of rotatable bonds is 10. The molecule has 1 spiro atoms. The summed E-state index contributed by atoms with van der Waals surface area (Å²) in [6, 6.07) is 0. The Morgan fingerprint density at radius 2 is 1.69 bits per heavy atom. The molecule has 4 rings (SSSR count). The Labute approximate surface area is 265 Å². The average molecular weight is 636 g/mol. The maximum Gasteiger partial charge on any atom is 0.408 e. The fourth-order valence-corrected chi connectivity index (χ4v) is 7.73. The molecule has 2 heterocycles. The van der Waals surface area contributed by atoms with Crippen molar-refractivity contribution in [2.45, 2.75) is 117 Å². The van der Waals surface area contributed by atoms with Gasteiger partial charge in [-0.25, -0.2) is 9.59 Å². The first-order valence-electron chi connectivity index (χ1n) is 16.1. The Balaban J connectivity index is 1.52. The summed E-state index contributed by atoms with van der Waals surface area (Å²) in [5, 5.41) is 2.37. The van der Waals surface area contributed by atoms with Gasteiger partial charge in [0.15, 0.2) is 6.10 Å². The number of hydrogen-bond donors (Lipinski definition) is 1. The summed E-state index contributed by atoms with van der Waals surface area (Å²) in [5.74, 6) is -1.82. The van der Waals surface area contributed by atoms with Gasteiger partial charge >= 0.3 is 30.0 Å². The number of nitrogens with one attached hydrogen (secondary N) is 1. The monoisotopic (exact) mass is 635 g/mol. The van der Waals surface area contributed by atoms with Gasteiger partial charge in [-0.15, -0.1) is 0 Å². The Hall–Kier alpha value is -3.15. The molecule has 2 unspecified atom stereocenters. The van der Waals surface area contributed by atoms with Crippen LogP contribution in [0.1, 0.15) is 93.4 Å². The van der Waals surface area contributed by atoms with Crippen LogP contribution < -0.4 is 5.32 Å². The average Bonchev–Trinajstić information content (AvgIpc) is 3.66. The van der Waals surface area contributed by atoms with Gasteiger partial charge in [-0.3, -0.25) is 14.4 Å². The molecule has 12 heteroatoms. The fourth-order valence-electron chi connectivity index (χ4n) is 7.73. The second-order valence-corrected chi connectivity index (χ2v) is 14.2.